The van der Waals surface area contributed by atoms with Gasteiger partial charge in [0.1, 0.15) is 37.4 Å². The van der Waals surface area contributed by atoms with Gasteiger partial charge in [-0.3, -0.25) is 0 Å². The highest BCUT2D eigenvalue weighted by molar-refractivity contribution is 6.36. The van der Waals surface area contributed by atoms with Gasteiger partial charge in [0.25, 0.3) is 0 Å². The highest BCUT2D eigenvalue weighted by Crippen LogP contribution is 2.31. The number of nitrogens with zero attached hydrogens (tertiary/aromatic N) is 4. The fraction of sp³-hybridized carbons (Fsp3) is 0.118. The van der Waals surface area contributed by atoms with E-state index in [-0.39, 0.29) is 0 Å². The van der Waals surface area contributed by atoms with E-state index in [1.807, 2.05) is 30.3 Å². The van der Waals surface area contributed by atoms with Crippen molar-refractivity contribution in [3.05, 3.63) is 70.7 Å². The third kappa shape index (κ3) is 4.95. The Morgan fingerprint density at radius 1 is 1.00 bits per heavy atom. The van der Waals surface area contributed by atoms with Crippen LogP contribution in [0.1, 0.15) is 5.56 Å². The second-order valence-electron chi connectivity index (χ2n) is 4.90. The van der Waals surface area contributed by atoms with Crippen LogP contribution in [0, 0.1) is 0 Å². The van der Waals surface area contributed by atoms with Crippen molar-refractivity contribution in [3.8, 4) is 11.5 Å². The molecule has 0 aliphatic rings. The predicted molar refractivity (Wildman–Crippen MR) is 96.9 cm³/mol. The van der Waals surface area contributed by atoms with Crippen LogP contribution in [0.4, 0.5) is 0 Å². The summed E-state index contributed by atoms with van der Waals surface area (Å²) in [4.78, 5) is 0. The molecule has 0 fully saturated rings. The molecule has 0 unspecified atom stereocenters. The molecule has 6 nitrogen and oxygen atoms in total. The highest BCUT2D eigenvalue weighted by Gasteiger charge is 2.10. The van der Waals surface area contributed by atoms with Crippen LogP contribution < -0.4 is 9.47 Å². The summed E-state index contributed by atoms with van der Waals surface area (Å²) < 4.78 is 12.8. The van der Waals surface area contributed by atoms with Gasteiger partial charge < -0.3 is 9.47 Å². The Morgan fingerprint density at radius 3 is 2.48 bits per heavy atom. The quantitative estimate of drug-likeness (QED) is 0.463. The van der Waals surface area contributed by atoms with Crippen molar-refractivity contribution in [2.24, 2.45) is 5.10 Å². The minimum Gasteiger partial charge on any atom is -0.490 e. The largest absolute Gasteiger partial charge is 0.490 e. The van der Waals surface area contributed by atoms with E-state index >= 15 is 0 Å². The van der Waals surface area contributed by atoms with Crippen LogP contribution in [0.2, 0.25) is 10.0 Å². The van der Waals surface area contributed by atoms with Crippen molar-refractivity contribution in [1.29, 1.82) is 0 Å². The molecule has 0 saturated heterocycles. The Balaban J connectivity index is 1.67. The van der Waals surface area contributed by atoms with Crippen LogP contribution in [-0.4, -0.2) is 34.3 Å². The van der Waals surface area contributed by atoms with Gasteiger partial charge in [-0.1, -0.05) is 41.4 Å². The van der Waals surface area contributed by atoms with Gasteiger partial charge >= 0.3 is 0 Å². The maximum atomic E-state index is 6.25. The standard InChI is InChI=1S/C17H14Cl2N4O2/c18-14-8-13(10-22-23-11-20-21-12-23)17(16(19)9-14)25-7-6-24-15-4-2-1-3-5-15/h1-5,8-12H,6-7H2/b22-10-. The summed E-state index contributed by atoms with van der Waals surface area (Å²) >= 11 is 12.3. The first kappa shape index (κ1) is 17.3. The fourth-order valence-corrected chi connectivity index (χ4v) is 2.60. The predicted octanol–water partition coefficient (Wildman–Crippen LogP) is 3.92. The fourth-order valence-electron chi connectivity index (χ4n) is 2.03. The number of halogens is 2. The molecule has 0 aliphatic heterocycles. The first-order valence-corrected chi connectivity index (χ1v) is 8.16. The van der Waals surface area contributed by atoms with Crippen molar-refractivity contribution < 1.29 is 9.47 Å². The van der Waals surface area contributed by atoms with Crippen molar-refractivity contribution in [1.82, 2.24) is 14.9 Å². The number of benzene rings is 2. The molecule has 0 N–H and O–H groups in total. The molecule has 0 saturated carbocycles. The van der Waals surface area contributed by atoms with Crippen LogP contribution in [0.3, 0.4) is 0 Å². The van der Waals surface area contributed by atoms with Gasteiger partial charge in [0.15, 0.2) is 0 Å². The minimum absolute atomic E-state index is 0.323. The molecule has 0 bridgehead atoms. The van der Waals surface area contributed by atoms with Crippen molar-refractivity contribution in [3.63, 3.8) is 0 Å². The molecule has 0 amide bonds. The first-order chi connectivity index (χ1) is 12.2. The Kier molecular flexibility index (Phi) is 5.87. The van der Waals surface area contributed by atoms with Gasteiger partial charge in [-0.15, -0.1) is 10.2 Å². The van der Waals surface area contributed by atoms with E-state index in [0.717, 1.165) is 5.75 Å². The molecule has 1 aromatic heterocycles. The van der Waals surface area contributed by atoms with E-state index < -0.39 is 0 Å². The van der Waals surface area contributed by atoms with Crippen molar-refractivity contribution >= 4 is 29.4 Å². The molecule has 2 aromatic carbocycles. The molecular weight excluding hydrogens is 363 g/mol. The van der Waals surface area contributed by atoms with E-state index in [1.54, 1.807) is 18.3 Å². The zero-order chi connectivity index (χ0) is 17.5. The van der Waals surface area contributed by atoms with Crippen LogP contribution in [-0.2, 0) is 0 Å². The topological polar surface area (TPSA) is 61.5 Å². The van der Waals surface area contributed by atoms with Crippen LogP contribution in [0.5, 0.6) is 11.5 Å². The molecule has 0 atom stereocenters. The lowest BCUT2D eigenvalue weighted by Gasteiger charge is -2.12. The molecule has 1 heterocycles. The Morgan fingerprint density at radius 2 is 1.72 bits per heavy atom. The van der Waals surface area contributed by atoms with E-state index in [1.165, 1.54) is 17.3 Å². The normalized spacial score (nSPS) is 11.0. The Hall–Kier alpha value is -2.57. The maximum Gasteiger partial charge on any atom is 0.147 e. The minimum atomic E-state index is 0.323. The van der Waals surface area contributed by atoms with E-state index in [2.05, 4.69) is 15.3 Å². The first-order valence-electron chi connectivity index (χ1n) is 7.41. The SMILES string of the molecule is Clc1cc(Cl)c(OCCOc2ccccc2)c(/C=N\n2cnnc2)c1. The van der Waals surface area contributed by atoms with Gasteiger partial charge in [-0.25, -0.2) is 4.68 Å². The van der Waals surface area contributed by atoms with E-state index in [0.29, 0.717) is 34.6 Å². The van der Waals surface area contributed by atoms with Gasteiger partial charge in [0.2, 0.25) is 0 Å². The Bertz CT molecular complexity index is 839. The number of hydrogen-bond acceptors (Lipinski definition) is 5. The zero-order valence-corrected chi connectivity index (χ0v) is 14.6. The summed E-state index contributed by atoms with van der Waals surface area (Å²) in [5, 5.41) is 12.4. The number of aromatic nitrogens is 3. The van der Waals surface area contributed by atoms with E-state index in [9.17, 15) is 0 Å². The van der Waals surface area contributed by atoms with Crippen LogP contribution in [0.15, 0.2) is 60.2 Å². The van der Waals surface area contributed by atoms with Crippen molar-refractivity contribution in [2.45, 2.75) is 0 Å². The van der Waals surface area contributed by atoms with Crippen molar-refractivity contribution in [2.75, 3.05) is 13.2 Å². The summed E-state index contributed by atoms with van der Waals surface area (Å²) in [6.45, 7) is 0.703. The second kappa shape index (κ2) is 8.50. The average molecular weight is 377 g/mol. The monoisotopic (exact) mass is 376 g/mol. The molecular formula is C17H14Cl2N4O2. The number of para-hydroxylation sites is 1. The average Bonchev–Trinajstić information content (AvgIpc) is 3.12. The lowest BCUT2D eigenvalue weighted by atomic mass is 10.2. The maximum absolute atomic E-state index is 6.25. The molecule has 8 heteroatoms. The molecule has 3 rings (SSSR count). The summed E-state index contributed by atoms with van der Waals surface area (Å²) in [5.74, 6) is 1.27. The number of hydrogen-bond donors (Lipinski definition) is 0. The summed E-state index contributed by atoms with van der Waals surface area (Å²) in [7, 11) is 0. The van der Waals surface area contributed by atoms with Gasteiger partial charge in [-0.2, -0.15) is 5.10 Å². The molecule has 25 heavy (non-hydrogen) atoms. The zero-order valence-electron chi connectivity index (χ0n) is 13.0. The molecule has 3 aromatic rings. The summed E-state index contributed by atoms with van der Waals surface area (Å²) in [6.07, 6.45) is 4.52. The van der Waals surface area contributed by atoms with Gasteiger partial charge in [0, 0.05) is 10.6 Å². The van der Waals surface area contributed by atoms with Gasteiger partial charge in [-0.05, 0) is 24.3 Å². The van der Waals surface area contributed by atoms with E-state index in [4.69, 9.17) is 32.7 Å². The Labute approximate surface area is 154 Å². The molecule has 0 aliphatic carbocycles. The van der Waals surface area contributed by atoms with Gasteiger partial charge in [0.05, 0.1) is 11.2 Å². The second-order valence-corrected chi connectivity index (χ2v) is 5.75. The molecule has 0 radical (unpaired) electrons. The third-order valence-corrected chi connectivity index (χ3v) is 3.61. The summed E-state index contributed by atoms with van der Waals surface area (Å²) in [5.41, 5.74) is 0.644. The lowest BCUT2D eigenvalue weighted by molar-refractivity contribution is 0.217. The molecule has 128 valence electrons. The highest BCUT2D eigenvalue weighted by atomic mass is 35.5. The lowest BCUT2D eigenvalue weighted by Crippen LogP contribution is -2.10. The smallest absolute Gasteiger partial charge is 0.147 e. The molecule has 0 spiro atoms. The summed E-state index contributed by atoms with van der Waals surface area (Å²) in [6, 6.07) is 12.8. The van der Waals surface area contributed by atoms with Crippen LogP contribution >= 0.6 is 23.2 Å². The third-order valence-electron chi connectivity index (χ3n) is 3.12. The van der Waals surface area contributed by atoms with Crippen LogP contribution in [0.25, 0.3) is 0 Å². The number of ether oxygens (including phenoxy) is 2. The number of rotatable bonds is 7.